The van der Waals surface area contributed by atoms with Gasteiger partial charge in [0.05, 0.1) is 24.3 Å². The molecular weight excluding hydrogens is 366 g/mol. The first-order valence-corrected chi connectivity index (χ1v) is 7.77. The molecule has 0 spiro atoms. The van der Waals surface area contributed by atoms with E-state index >= 15 is 0 Å². The zero-order valence-corrected chi connectivity index (χ0v) is 14.7. The van der Waals surface area contributed by atoms with Crippen molar-refractivity contribution in [2.75, 3.05) is 12.0 Å². The van der Waals surface area contributed by atoms with Gasteiger partial charge in [0.1, 0.15) is 5.71 Å². The average Bonchev–Trinajstić information content (AvgIpc) is 2.74. The second-order valence-electron chi connectivity index (χ2n) is 5.92. The number of hydrazone groups is 1. The molecule has 1 aromatic carbocycles. The predicted molar refractivity (Wildman–Crippen MR) is 88.8 cm³/mol. The minimum absolute atomic E-state index is 0.0384. The van der Waals surface area contributed by atoms with Crippen LogP contribution in [-0.4, -0.2) is 34.4 Å². The highest BCUT2D eigenvalue weighted by molar-refractivity contribution is 9.10. The van der Waals surface area contributed by atoms with Crippen LogP contribution in [0.3, 0.4) is 0 Å². The van der Waals surface area contributed by atoms with Gasteiger partial charge in [-0.3, -0.25) is 15.1 Å². The number of aliphatic carboxylic acids is 1. The van der Waals surface area contributed by atoms with E-state index in [9.17, 15) is 9.59 Å². The number of nitrogens with zero attached hydrogens (tertiary/aromatic N) is 2. The molecular formula is C15H18BrN3O4. The van der Waals surface area contributed by atoms with Crippen molar-refractivity contribution >= 4 is 39.2 Å². The fourth-order valence-electron chi connectivity index (χ4n) is 1.91. The fourth-order valence-corrected chi connectivity index (χ4v) is 2.41. The molecule has 1 aliphatic rings. The first kappa shape index (κ1) is 17.4. The van der Waals surface area contributed by atoms with Crippen LogP contribution in [0.25, 0.3) is 0 Å². The monoisotopic (exact) mass is 383 g/mol. The van der Waals surface area contributed by atoms with Gasteiger partial charge in [0.15, 0.2) is 0 Å². The number of carbonyl (C=O) groups excluding carboxylic acids is 1. The van der Waals surface area contributed by atoms with E-state index in [-0.39, 0.29) is 11.6 Å². The summed E-state index contributed by atoms with van der Waals surface area (Å²) in [5.41, 5.74) is 3.64. The van der Waals surface area contributed by atoms with E-state index < -0.39 is 11.4 Å². The Hall–Kier alpha value is -1.93. The van der Waals surface area contributed by atoms with Crippen LogP contribution < -0.4 is 5.43 Å². The van der Waals surface area contributed by atoms with Crippen molar-refractivity contribution in [2.45, 2.75) is 27.3 Å². The van der Waals surface area contributed by atoms with Crippen LogP contribution >= 0.6 is 15.9 Å². The van der Waals surface area contributed by atoms with Crippen LogP contribution in [-0.2, 0) is 21.0 Å². The van der Waals surface area contributed by atoms with Gasteiger partial charge in [0, 0.05) is 4.47 Å². The molecule has 7 nitrogen and oxygen atoms in total. The zero-order valence-electron chi connectivity index (χ0n) is 13.1. The smallest absolute Gasteiger partial charge is 0.351 e. The molecule has 124 valence electrons. The fraction of sp³-hybridized carbons (Fsp3) is 0.400. The van der Waals surface area contributed by atoms with Crippen molar-refractivity contribution in [3.05, 3.63) is 28.2 Å². The number of rotatable bonds is 5. The number of carbonyl (C=O) groups is 2. The second-order valence-corrected chi connectivity index (χ2v) is 6.77. The molecule has 0 saturated carbocycles. The first-order valence-electron chi connectivity index (χ1n) is 6.97. The number of hydrogen-bond donors (Lipinski definition) is 2. The third kappa shape index (κ3) is 4.08. The number of halogens is 1. The summed E-state index contributed by atoms with van der Waals surface area (Å²) >= 11 is 3.44. The Morgan fingerprint density at radius 2 is 2.22 bits per heavy atom. The summed E-state index contributed by atoms with van der Waals surface area (Å²) in [6.45, 7) is 5.80. The molecule has 1 aliphatic heterocycles. The van der Waals surface area contributed by atoms with E-state index in [2.05, 4.69) is 26.5 Å². The Morgan fingerprint density at radius 3 is 2.74 bits per heavy atom. The van der Waals surface area contributed by atoms with Gasteiger partial charge < -0.3 is 5.11 Å². The Morgan fingerprint density at radius 1 is 1.52 bits per heavy atom. The van der Waals surface area contributed by atoms with Gasteiger partial charge in [0.25, 0.3) is 5.91 Å². The number of carboxylic acids is 1. The molecule has 1 heterocycles. The topological polar surface area (TPSA) is 91.2 Å². The molecule has 0 atom stereocenters. The number of hydroxylamine groups is 2. The van der Waals surface area contributed by atoms with Crippen molar-refractivity contribution in [3.63, 3.8) is 0 Å². The number of anilines is 1. The maximum atomic E-state index is 12.2. The average molecular weight is 384 g/mol. The van der Waals surface area contributed by atoms with Crippen molar-refractivity contribution in [2.24, 2.45) is 10.5 Å². The van der Waals surface area contributed by atoms with Crippen molar-refractivity contribution in [1.29, 1.82) is 0 Å². The predicted octanol–water partition coefficient (Wildman–Crippen LogP) is 2.62. The summed E-state index contributed by atoms with van der Waals surface area (Å²) in [7, 11) is 0. The molecule has 1 fully saturated rings. The van der Waals surface area contributed by atoms with E-state index in [0.717, 1.165) is 10.0 Å². The lowest BCUT2D eigenvalue weighted by Crippen LogP contribution is -2.30. The van der Waals surface area contributed by atoms with E-state index in [4.69, 9.17) is 9.94 Å². The molecule has 0 unspecified atom stereocenters. The molecule has 0 bridgehead atoms. The van der Waals surface area contributed by atoms with Gasteiger partial charge in [-0.1, -0.05) is 22.0 Å². The molecule has 0 aromatic heterocycles. The largest absolute Gasteiger partial charge is 0.477 e. The van der Waals surface area contributed by atoms with Gasteiger partial charge in [-0.2, -0.15) is 5.10 Å². The highest BCUT2D eigenvalue weighted by atomic mass is 79.9. The number of amides is 1. The summed E-state index contributed by atoms with van der Waals surface area (Å²) in [6, 6.07) is 5.34. The van der Waals surface area contributed by atoms with E-state index in [0.29, 0.717) is 18.8 Å². The number of nitrogens with one attached hydrogen (secondary N) is 1. The first-order chi connectivity index (χ1) is 10.7. The Bertz CT molecular complexity index is 673. The second kappa shape index (κ2) is 6.67. The summed E-state index contributed by atoms with van der Waals surface area (Å²) < 4.78 is 0.770. The van der Waals surface area contributed by atoms with E-state index in [1.165, 1.54) is 12.0 Å². The molecule has 1 aromatic rings. The van der Waals surface area contributed by atoms with Crippen LogP contribution in [0.2, 0.25) is 0 Å². The van der Waals surface area contributed by atoms with Crippen molar-refractivity contribution in [3.8, 4) is 0 Å². The maximum Gasteiger partial charge on any atom is 0.351 e. The number of carboxylic acid groups (broad SMARTS) is 1. The third-order valence-electron chi connectivity index (χ3n) is 3.42. The molecule has 0 aliphatic carbocycles. The number of benzene rings is 1. The molecule has 0 radical (unpaired) electrons. The Labute approximate surface area is 142 Å². The molecule has 2 N–H and O–H groups in total. The quantitative estimate of drug-likeness (QED) is 0.602. The number of hydrogen-bond acceptors (Lipinski definition) is 5. The summed E-state index contributed by atoms with van der Waals surface area (Å²) in [4.78, 5) is 28.3. The van der Waals surface area contributed by atoms with Gasteiger partial charge in [-0.25, -0.2) is 9.86 Å². The lowest BCUT2D eigenvalue weighted by molar-refractivity contribution is -0.165. The standard InChI is InChI=1S/C15H18BrN3O4/c1-9(13(20)21)17-18-11-5-4-10(12(16)6-11)7-19-14(22)15(2,3)8-23-19/h4-6,18H,7-8H2,1-3H3,(H,20,21). The lowest BCUT2D eigenvalue weighted by Gasteiger charge is -2.17. The minimum atomic E-state index is -1.08. The van der Waals surface area contributed by atoms with Gasteiger partial charge >= 0.3 is 5.97 Å². The van der Waals surface area contributed by atoms with Crippen LogP contribution in [0.5, 0.6) is 0 Å². The molecule has 23 heavy (non-hydrogen) atoms. The minimum Gasteiger partial charge on any atom is -0.477 e. The highest BCUT2D eigenvalue weighted by Crippen LogP contribution is 2.30. The maximum absolute atomic E-state index is 12.2. The van der Waals surface area contributed by atoms with Crippen LogP contribution in [0, 0.1) is 5.41 Å². The van der Waals surface area contributed by atoms with Gasteiger partial charge in [0.2, 0.25) is 0 Å². The molecule has 1 amide bonds. The van der Waals surface area contributed by atoms with Crippen molar-refractivity contribution < 1.29 is 19.5 Å². The summed E-state index contributed by atoms with van der Waals surface area (Å²) in [5, 5.41) is 13.9. The van der Waals surface area contributed by atoms with Gasteiger partial charge in [-0.15, -0.1) is 0 Å². The van der Waals surface area contributed by atoms with E-state index in [1.54, 1.807) is 12.1 Å². The van der Waals surface area contributed by atoms with Crippen LogP contribution in [0.1, 0.15) is 26.3 Å². The molecule has 8 heteroatoms. The summed E-state index contributed by atoms with van der Waals surface area (Å²) in [5.74, 6) is -1.13. The molecule has 1 saturated heterocycles. The SMILES string of the molecule is CC(=NNc1ccc(CN2OCC(C)(C)C2=O)c(Br)c1)C(=O)O. The van der Waals surface area contributed by atoms with E-state index in [1.807, 2.05) is 19.9 Å². The van der Waals surface area contributed by atoms with Crippen LogP contribution in [0.4, 0.5) is 5.69 Å². The Balaban J connectivity index is 2.07. The van der Waals surface area contributed by atoms with Crippen LogP contribution in [0.15, 0.2) is 27.8 Å². The molecule has 2 rings (SSSR count). The zero-order chi connectivity index (χ0) is 17.2. The van der Waals surface area contributed by atoms with Crippen molar-refractivity contribution in [1.82, 2.24) is 5.06 Å². The Kier molecular flexibility index (Phi) is 5.06. The highest BCUT2D eigenvalue weighted by Gasteiger charge is 2.40. The van der Waals surface area contributed by atoms with Gasteiger partial charge in [-0.05, 0) is 38.5 Å². The normalized spacial score (nSPS) is 17.5. The lowest BCUT2D eigenvalue weighted by atomic mass is 9.95. The third-order valence-corrected chi connectivity index (χ3v) is 4.15. The summed E-state index contributed by atoms with van der Waals surface area (Å²) in [6.07, 6.45) is 0.